The summed E-state index contributed by atoms with van der Waals surface area (Å²) in [6.07, 6.45) is 1.90. The van der Waals surface area contributed by atoms with Crippen molar-refractivity contribution in [2.45, 2.75) is 38.8 Å². The first-order valence-electron chi connectivity index (χ1n) is 10.0. The molecule has 0 saturated carbocycles. The zero-order valence-corrected chi connectivity index (χ0v) is 17.4. The van der Waals surface area contributed by atoms with E-state index in [9.17, 15) is 4.79 Å². The van der Waals surface area contributed by atoms with Crippen LogP contribution in [0, 0.1) is 6.92 Å². The van der Waals surface area contributed by atoms with Gasteiger partial charge in [0.05, 0.1) is 31.3 Å². The minimum absolute atomic E-state index is 0.000831. The summed E-state index contributed by atoms with van der Waals surface area (Å²) in [4.78, 5) is 20.2. The standard InChI is InChI=1S/C23H27N3O3/c1-15(26-16(2)24-19-8-5-6-9-21(19)26)23(27)25-13-7-10-20(25)18-12-11-17(28-3)14-22(18)29-4/h5-6,8-9,11-12,14-15,20H,7,10,13H2,1-4H3. The molecule has 1 aliphatic rings. The Labute approximate surface area is 171 Å². The number of hydrogen-bond acceptors (Lipinski definition) is 4. The van der Waals surface area contributed by atoms with E-state index in [1.54, 1.807) is 14.2 Å². The molecule has 1 saturated heterocycles. The number of hydrogen-bond donors (Lipinski definition) is 0. The minimum atomic E-state index is -0.327. The average Bonchev–Trinajstić information content (AvgIpc) is 3.35. The number of aryl methyl sites for hydroxylation is 1. The molecule has 2 atom stereocenters. The van der Waals surface area contributed by atoms with E-state index in [1.165, 1.54) is 0 Å². The summed E-state index contributed by atoms with van der Waals surface area (Å²) in [5.74, 6) is 2.46. The van der Waals surface area contributed by atoms with Crippen LogP contribution in [0.15, 0.2) is 42.5 Å². The van der Waals surface area contributed by atoms with E-state index in [-0.39, 0.29) is 18.0 Å². The number of carbonyl (C=O) groups excluding carboxylic acids is 1. The van der Waals surface area contributed by atoms with Crippen LogP contribution >= 0.6 is 0 Å². The van der Waals surface area contributed by atoms with Gasteiger partial charge in [-0.3, -0.25) is 4.79 Å². The van der Waals surface area contributed by atoms with Crippen molar-refractivity contribution in [3.05, 3.63) is 53.9 Å². The van der Waals surface area contributed by atoms with Crippen molar-refractivity contribution in [3.63, 3.8) is 0 Å². The molecule has 0 radical (unpaired) electrons. The van der Waals surface area contributed by atoms with Gasteiger partial charge in [-0.25, -0.2) is 4.98 Å². The maximum atomic E-state index is 13.6. The molecule has 2 unspecified atom stereocenters. The number of ether oxygens (including phenoxy) is 2. The number of benzene rings is 2. The van der Waals surface area contributed by atoms with Crippen molar-refractivity contribution in [2.75, 3.05) is 20.8 Å². The third-order valence-corrected chi connectivity index (χ3v) is 5.85. The second-order valence-electron chi connectivity index (χ2n) is 7.49. The second-order valence-corrected chi connectivity index (χ2v) is 7.49. The largest absolute Gasteiger partial charge is 0.497 e. The lowest BCUT2D eigenvalue weighted by atomic mass is 10.0. The van der Waals surface area contributed by atoms with Crippen LogP contribution < -0.4 is 9.47 Å². The molecule has 2 aromatic carbocycles. The van der Waals surface area contributed by atoms with E-state index in [0.29, 0.717) is 0 Å². The Morgan fingerprint density at radius 1 is 1.17 bits per heavy atom. The Hall–Kier alpha value is -3.02. The number of likely N-dealkylation sites (tertiary alicyclic amines) is 1. The summed E-state index contributed by atoms with van der Waals surface area (Å²) in [5, 5.41) is 0. The summed E-state index contributed by atoms with van der Waals surface area (Å²) in [5.41, 5.74) is 2.93. The molecule has 6 nitrogen and oxygen atoms in total. The van der Waals surface area contributed by atoms with Gasteiger partial charge in [-0.05, 0) is 51.0 Å². The van der Waals surface area contributed by atoms with E-state index in [4.69, 9.17) is 9.47 Å². The highest BCUT2D eigenvalue weighted by Gasteiger charge is 2.35. The van der Waals surface area contributed by atoms with Crippen LogP contribution in [0.4, 0.5) is 0 Å². The molecule has 6 heteroatoms. The molecule has 1 aromatic heterocycles. The van der Waals surface area contributed by atoms with Crippen LogP contribution in [0.3, 0.4) is 0 Å². The van der Waals surface area contributed by atoms with E-state index < -0.39 is 0 Å². The quantitative estimate of drug-likeness (QED) is 0.649. The van der Waals surface area contributed by atoms with Gasteiger partial charge < -0.3 is 18.9 Å². The number of carbonyl (C=O) groups is 1. The minimum Gasteiger partial charge on any atom is -0.497 e. The molecule has 0 bridgehead atoms. The maximum Gasteiger partial charge on any atom is 0.245 e. The van der Waals surface area contributed by atoms with Gasteiger partial charge in [0.2, 0.25) is 5.91 Å². The lowest BCUT2D eigenvalue weighted by molar-refractivity contribution is -0.135. The predicted molar refractivity (Wildman–Crippen MR) is 112 cm³/mol. The number of amides is 1. The molecule has 0 spiro atoms. The van der Waals surface area contributed by atoms with Gasteiger partial charge in [0, 0.05) is 18.2 Å². The predicted octanol–water partition coefficient (Wildman–Crippen LogP) is 4.29. The van der Waals surface area contributed by atoms with Gasteiger partial charge in [-0.1, -0.05) is 12.1 Å². The lowest BCUT2D eigenvalue weighted by Crippen LogP contribution is -2.36. The summed E-state index contributed by atoms with van der Waals surface area (Å²) in [6, 6.07) is 13.5. The van der Waals surface area contributed by atoms with Crippen LogP contribution in [0.5, 0.6) is 11.5 Å². The Morgan fingerprint density at radius 2 is 1.97 bits per heavy atom. The first kappa shape index (κ1) is 19.3. The number of aromatic nitrogens is 2. The molecule has 1 aliphatic heterocycles. The fraction of sp³-hybridized carbons (Fsp3) is 0.391. The molecule has 29 heavy (non-hydrogen) atoms. The van der Waals surface area contributed by atoms with Crippen molar-refractivity contribution in [3.8, 4) is 11.5 Å². The third kappa shape index (κ3) is 3.33. The molecule has 3 aromatic rings. The van der Waals surface area contributed by atoms with E-state index in [2.05, 4.69) is 4.98 Å². The van der Waals surface area contributed by atoms with Crippen LogP contribution in [-0.2, 0) is 4.79 Å². The normalized spacial score (nSPS) is 17.5. The Balaban J connectivity index is 1.67. The number of fused-ring (bicyclic) bond motifs is 1. The first-order chi connectivity index (χ1) is 14.0. The van der Waals surface area contributed by atoms with Crippen molar-refractivity contribution in [2.24, 2.45) is 0 Å². The molecule has 0 N–H and O–H groups in total. The number of methoxy groups -OCH3 is 2. The van der Waals surface area contributed by atoms with Crippen molar-refractivity contribution in [1.29, 1.82) is 0 Å². The van der Waals surface area contributed by atoms with Gasteiger partial charge in [0.15, 0.2) is 0 Å². The van der Waals surface area contributed by atoms with Gasteiger partial charge in [-0.2, -0.15) is 0 Å². The zero-order chi connectivity index (χ0) is 20.5. The zero-order valence-electron chi connectivity index (χ0n) is 17.4. The summed E-state index contributed by atoms with van der Waals surface area (Å²) in [6.45, 7) is 4.66. The molecule has 152 valence electrons. The van der Waals surface area contributed by atoms with Crippen molar-refractivity contribution in [1.82, 2.24) is 14.5 Å². The first-order valence-corrected chi connectivity index (χ1v) is 10.0. The van der Waals surface area contributed by atoms with Crippen molar-refractivity contribution >= 4 is 16.9 Å². The maximum absolute atomic E-state index is 13.6. The molecule has 4 rings (SSSR count). The van der Waals surface area contributed by atoms with Crippen molar-refractivity contribution < 1.29 is 14.3 Å². The van der Waals surface area contributed by atoms with Gasteiger partial charge in [-0.15, -0.1) is 0 Å². The molecule has 0 aliphatic carbocycles. The Morgan fingerprint density at radius 3 is 2.72 bits per heavy atom. The highest BCUT2D eigenvalue weighted by atomic mass is 16.5. The topological polar surface area (TPSA) is 56.6 Å². The monoisotopic (exact) mass is 393 g/mol. The summed E-state index contributed by atoms with van der Waals surface area (Å²) >= 11 is 0. The lowest BCUT2D eigenvalue weighted by Gasteiger charge is -2.30. The average molecular weight is 393 g/mol. The summed E-state index contributed by atoms with van der Waals surface area (Å²) < 4.78 is 13.0. The summed E-state index contributed by atoms with van der Waals surface area (Å²) in [7, 11) is 3.29. The number of nitrogens with zero attached hydrogens (tertiary/aromatic N) is 3. The third-order valence-electron chi connectivity index (χ3n) is 5.85. The van der Waals surface area contributed by atoms with Gasteiger partial charge in [0.25, 0.3) is 0 Å². The fourth-order valence-electron chi connectivity index (χ4n) is 4.45. The van der Waals surface area contributed by atoms with E-state index in [0.717, 1.165) is 53.3 Å². The van der Waals surface area contributed by atoms with Gasteiger partial charge >= 0.3 is 0 Å². The highest BCUT2D eigenvalue weighted by Crippen LogP contribution is 2.40. The molecular weight excluding hydrogens is 366 g/mol. The number of rotatable bonds is 5. The highest BCUT2D eigenvalue weighted by molar-refractivity contribution is 5.84. The smallest absolute Gasteiger partial charge is 0.245 e. The molecule has 1 amide bonds. The van der Waals surface area contributed by atoms with E-state index >= 15 is 0 Å². The van der Waals surface area contributed by atoms with Crippen LogP contribution in [0.1, 0.15) is 43.2 Å². The fourth-order valence-corrected chi connectivity index (χ4v) is 4.45. The number of imidazole rings is 1. The van der Waals surface area contributed by atoms with E-state index in [1.807, 2.05) is 65.8 Å². The molecule has 2 heterocycles. The van der Waals surface area contributed by atoms with Crippen LogP contribution in [-0.4, -0.2) is 41.1 Å². The number of para-hydroxylation sites is 2. The van der Waals surface area contributed by atoms with Gasteiger partial charge in [0.1, 0.15) is 23.4 Å². The Bertz CT molecular complexity index is 1040. The second kappa shape index (κ2) is 7.78. The molecule has 1 fully saturated rings. The Kier molecular flexibility index (Phi) is 5.18. The van der Waals surface area contributed by atoms with Crippen LogP contribution in [0.25, 0.3) is 11.0 Å². The molecular formula is C23H27N3O3. The van der Waals surface area contributed by atoms with Crippen LogP contribution in [0.2, 0.25) is 0 Å². The SMILES string of the molecule is COc1ccc(C2CCCN2C(=O)C(C)n2c(C)nc3ccccc32)c(OC)c1.